The van der Waals surface area contributed by atoms with E-state index in [0.29, 0.717) is 19.0 Å². The molecule has 1 atom stereocenters. The molecule has 0 spiro atoms. The minimum atomic E-state index is -0.423. The molecule has 2 aliphatic rings. The summed E-state index contributed by atoms with van der Waals surface area (Å²) in [5.41, 5.74) is 2.63. The molecule has 3 aromatic rings. The van der Waals surface area contributed by atoms with Gasteiger partial charge in [0.05, 0.1) is 24.3 Å². The summed E-state index contributed by atoms with van der Waals surface area (Å²) >= 11 is 0. The van der Waals surface area contributed by atoms with Crippen molar-refractivity contribution in [3.8, 4) is 17.1 Å². The van der Waals surface area contributed by atoms with E-state index < -0.39 is 5.41 Å². The van der Waals surface area contributed by atoms with Crippen LogP contribution in [-0.2, 0) is 16.0 Å². The maximum absolute atomic E-state index is 14.1. The van der Waals surface area contributed by atoms with Crippen molar-refractivity contribution in [1.82, 2.24) is 14.9 Å². The molecule has 2 aromatic carbocycles. The van der Waals surface area contributed by atoms with E-state index in [0.717, 1.165) is 55.7 Å². The molecular formula is C28H31N3O3. The summed E-state index contributed by atoms with van der Waals surface area (Å²) in [6.07, 6.45) is 5.96. The fraction of sp³-hybridized carbons (Fsp3) is 0.393. The average molecular weight is 458 g/mol. The molecule has 0 aliphatic carbocycles. The predicted octanol–water partition coefficient (Wildman–Crippen LogP) is 4.86. The number of likely N-dealkylation sites (tertiary alicyclic amines) is 1. The van der Waals surface area contributed by atoms with Gasteiger partial charge in [-0.25, -0.2) is 9.97 Å². The van der Waals surface area contributed by atoms with Crippen LogP contribution in [0.2, 0.25) is 0 Å². The Hall–Kier alpha value is -3.25. The van der Waals surface area contributed by atoms with Crippen LogP contribution in [0.25, 0.3) is 11.4 Å². The van der Waals surface area contributed by atoms with Crippen LogP contribution in [-0.4, -0.2) is 47.6 Å². The third-order valence-corrected chi connectivity index (χ3v) is 7.17. The Morgan fingerprint density at radius 3 is 2.59 bits per heavy atom. The number of amides is 1. The number of carbonyl (C=O) groups excluding carboxylic acids is 1. The summed E-state index contributed by atoms with van der Waals surface area (Å²) in [5.74, 6) is 1.71. The van der Waals surface area contributed by atoms with Crippen molar-refractivity contribution in [1.29, 1.82) is 0 Å². The van der Waals surface area contributed by atoms with Crippen molar-refractivity contribution in [2.45, 2.75) is 38.1 Å². The second-order valence-electron chi connectivity index (χ2n) is 9.25. The number of aromatic nitrogens is 2. The molecule has 0 radical (unpaired) electrons. The Balaban J connectivity index is 1.42. The fourth-order valence-corrected chi connectivity index (χ4v) is 5.27. The van der Waals surface area contributed by atoms with E-state index in [9.17, 15) is 4.79 Å². The first-order valence-electron chi connectivity index (χ1n) is 12.1. The number of carbonyl (C=O) groups is 1. The highest BCUT2D eigenvalue weighted by Crippen LogP contribution is 2.41. The molecule has 5 rings (SSSR count). The highest BCUT2D eigenvalue weighted by Gasteiger charge is 2.45. The molecular weight excluding hydrogens is 426 g/mol. The monoisotopic (exact) mass is 457 g/mol. The molecule has 2 fully saturated rings. The number of ether oxygens (including phenoxy) is 2. The molecule has 0 N–H and O–H groups in total. The number of rotatable bonds is 6. The number of hydrogen-bond acceptors (Lipinski definition) is 5. The second kappa shape index (κ2) is 9.94. The molecule has 1 aromatic heterocycles. The smallest absolute Gasteiger partial charge is 0.229 e. The summed E-state index contributed by atoms with van der Waals surface area (Å²) in [6, 6.07) is 20.0. The molecule has 34 heavy (non-hydrogen) atoms. The van der Waals surface area contributed by atoms with Crippen LogP contribution in [0.3, 0.4) is 0 Å². The highest BCUT2D eigenvalue weighted by atomic mass is 16.5. The largest absolute Gasteiger partial charge is 0.497 e. The van der Waals surface area contributed by atoms with E-state index in [4.69, 9.17) is 14.5 Å². The van der Waals surface area contributed by atoms with Gasteiger partial charge in [-0.1, -0.05) is 30.3 Å². The summed E-state index contributed by atoms with van der Waals surface area (Å²) in [6.45, 7) is 2.03. The average Bonchev–Trinajstić information content (AvgIpc) is 3.39. The maximum Gasteiger partial charge on any atom is 0.229 e. The van der Waals surface area contributed by atoms with Crippen LogP contribution < -0.4 is 4.74 Å². The van der Waals surface area contributed by atoms with E-state index >= 15 is 0 Å². The summed E-state index contributed by atoms with van der Waals surface area (Å²) in [7, 11) is 1.65. The Morgan fingerprint density at radius 2 is 1.85 bits per heavy atom. The van der Waals surface area contributed by atoms with Gasteiger partial charge >= 0.3 is 0 Å². The summed E-state index contributed by atoms with van der Waals surface area (Å²) < 4.78 is 10.9. The van der Waals surface area contributed by atoms with Gasteiger partial charge in [0.25, 0.3) is 0 Å². The lowest BCUT2D eigenvalue weighted by Crippen LogP contribution is -2.48. The van der Waals surface area contributed by atoms with Gasteiger partial charge in [0.15, 0.2) is 5.82 Å². The number of methoxy groups -OCH3 is 1. The Kier molecular flexibility index (Phi) is 6.59. The lowest BCUT2D eigenvalue weighted by molar-refractivity contribution is -0.149. The highest BCUT2D eigenvalue weighted by molar-refractivity contribution is 5.84. The third-order valence-electron chi connectivity index (χ3n) is 7.17. The number of nitrogens with zero attached hydrogens (tertiary/aromatic N) is 3. The molecule has 6 nitrogen and oxygen atoms in total. The van der Waals surface area contributed by atoms with Crippen LogP contribution in [0.4, 0.5) is 0 Å². The number of hydrogen-bond donors (Lipinski definition) is 0. The first-order chi connectivity index (χ1) is 16.7. The third kappa shape index (κ3) is 4.55. The van der Waals surface area contributed by atoms with Gasteiger partial charge in [0.1, 0.15) is 5.75 Å². The fourth-order valence-electron chi connectivity index (χ4n) is 5.27. The van der Waals surface area contributed by atoms with Gasteiger partial charge in [0, 0.05) is 31.5 Å². The van der Waals surface area contributed by atoms with E-state index in [2.05, 4.69) is 22.0 Å². The minimum Gasteiger partial charge on any atom is -0.497 e. The molecule has 2 aliphatic heterocycles. The van der Waals surface area contributed by atoms with E-state index in [1.807, 2.05) is 48.5 Å². The van der Waals surface area contributed by atoms with Gasteiger partial charge in [-0.15, -0.1) is 0 Å². The van der Waals surface area contributed by atoms with Crippen molar-refractivity contribution >= 4 is 5.91 Å². The van der Waals surface area contributed by atoms with Crippen LogP contribution in [0, 0.1) is 5.41 Å². The van der Waals surface area contributed by atoms with Gasteiger partial charge in [-0.3, -0.25) is 4.79 Å². The van der Waals surface area contributed by atoms with Crippen molar-refractivity contribution < 1.29 is 14.3 Å². The maximum atomic E-state index is 14.1. The van der Waals surface area contributed by atoms with E-state index in [-0.39, 0.29) is 11.9 Å². The van der Waals surface area contributed by atoms with Crippen molar-refractivity contribution in [3.63, 3.8) is 0 Å². The topological polar surface area (TPSA) is 64.5 Å². The van der Waals surface area contributed by atoms with Crippen LogP contribution >= 0.6 is 0 Å². The second-order valence-corrected chi connectivity index (χ2v) is 9.25. The zero-order chi connectivity index (χ0) is 23.4. The SMILES string of the molecule is COc1ccc(-c2nccc([C@@H]3CCCN3C(=O)C3(Cc4ccccc4)CCOCC3)n2)cc1. The lowest BCUT2D eigenvalue weighted by Gasteiger charge is -2.40. The van der Waals surface area contributed by atoms with E-state index in [1.165, 1.54) is 5.56 Å². The first-order valence-corrected chi connectivity index (χ1v) is 12.1. The zero-order valence-electron chi connectivity index (χ0n) is 19.7. The van der Waals surface area contributed by atoms with Gasteiger partial charge < -0.3 is 14.4 Å². The van der Waals surface area contributed by atoms with E-state index in [1.54, 1.807) is 13.3 Å². The summed E-state index contributed by atoms with van der Waals surface area (Å²) in [5, 5.41) is 0. The Labute approximate surface area is 201 Å². The van der Waals surface area contributed by atoms with Crippen molar-refractivity contribution in [2.24, 2.45) is 5.41 Å². The van der Waals surface area contributed by atoms with Crippen LogP contribution in [0.15, 0.2) is 66.9 Å². The van der Waals surface area contributed by atoms with Crippen LogP contribution in [0.5, 0.6) is 5.75 Å². The molecule has 3 heterocycles. The van der Waals surface area contributed by atoms with Crippen molar-refractivity contribution in [2.75, 3.05) is 26.9 Å². The summed E-state index contributed by atoms with van der Waals surface area (Å²) in [4.78, 5) is 25.6. The Bertz CT molecular complexity index is 1110. The zero-order valence-corrected chi connectivity index (χ0v) is 19.7. The van der Waals surface area contributed by atoms with Crippen LogP contribution in [0.1, 0.15) is 43.0 Å². The molecule has 176 valence electrons. The molecule has 0 saturated carbocycles. The van der Waals surface area contributed by atoms with Gasteiger partial charge in [-0.05, 0) is 68.0 Å². The molecule has 6 heteroatoms. The normalized spacial score (nSPS) is 19.7. The predicted molar refractivity (Wildman–Crippen MR) is 130 cm³/mol. The quantitative estimate of drug-likeness (QED) is 0.529. The molecule has 0 unspecified atom stereocenters. The minimum absolute atomic E-state index is 0.0250. The molecule has 0 bridgehead atoms. The van der Waals surface area contributed by atoms with Gasteiger partial charge in [-0.2, -0.15) is 0 Å². The number of benzene rings is 2. The molecule has 2 saturated heterocycles. The first kappa shape index (κ1) is 22.5. The molecule has 1 amide bonds. The lowest BCUT2D eigenvalue weighted by atomic mass is 9.74. The Morgan fingerprint density at radius 1 is 1.09 bits per heavy atom. The standard InChI is InChI=1S/C28H31N3O3/c1-33-23-11-9-22(10-12-23)26-29-16-13-24(30-26)25-8-5-17-31(25)27(32)28(14-18-34-19-15-28)20-21-6-3-2-4-7-21/h2-4,6-7,9-13,16,25H,5,8,14-15,17-20H2,1H3/t25-/m0/s1. The van der Waals surface area contributed by atoms with Crippen molar-refractivity contribution in [3.05, 3.63) is 78.1 Å². The van der Waals surface area contributed by atoms with Gasteiger partial charge in [0.2, 0.25) is 5.91 Å².